The number of hydrogen-bond acceptors (Lipinski definition) is 9. The van der Waals surface area contributed by atoms with Crippen LogP contribution in [-0.4, -0.2) is 39.2 Å². The van der Waals surface area contributed by atoms with Crippen LogP contribution >= 0.6 is 39.9 Å². The molecule has 1 heterocycles. The number of nitro groups is 1. The molecule has 1 aromatic heterocycles. The molecule has 3 rings (SSSR count). The van der Waals surface area contributed by atoms with Gasteiger partial charge in [0.1, 0.15) is 0 Å². The number of anilines is 4. The first-order valence-corrected chi connectivity index (χ1v) is 11.2. The van der Waals surface area contributed by atoms with Gasteiger partial charge in [-0.2, -0.15) is 20.1 Å². The van der Waals surface area contributed by atoms with E-state index < -0.39 is 4.92 Å². The monoisotopic (exact) mass is 568 g/mol. The van der Waals surface area contributed by atoms with E-state index in [1.807, 2.05) is 37.8 Å². The van der Waals surface area contributed by atoms with E-state index in [4.69, 9.17) is 11.6 Å². The number of nitrogens with zero attached hydrogens (tertiary/aromatic N) is 6. The van der Waals surface area contributed by atoms with Crippen LogP contribution in [-0.2, 0) is 0 Å². The highest BCUT2D eigenvalue weighted by atomic mass is 79.9. The second kappa shape index (κ2) is 12.4. The third-order valence-electron chi connectivity index (χ3n) is 4.64. The SMILES string of the molecule is CCN(CC)c1nc(N/N=C/c2ccc(Br)c([N+](=O)[O-])c2)nc(Nc2ccc(C)c(Cl)c2)n1.Cl. The standard InChI is InChI=1S/C21H22BrClN8O2.ClH/c1-4-30(5-2)21-27-19(25-15-8-6-13(3)17(23)11-15)26-20(28-21)29-24-12-14-7-9-16(22)18(10-14)31(32)33;/h6-12H,4-5H2,1-3H3,(H2,25,26,27,28,29);1H/b24-12+;. The third kappa shape index (κ3) is 6.99. The fourth-order valence-electron chi connectivity index (χ4n) is 2.83. The molecule has 0 aliphatic rings. The Morgan fingerprint density at radius 1 is 1.15 bits per heavy atom. The summed E-state index contributed by atoms with van der Waals surface area (Å²) in [7, 11) is 0. The Bertz CT molecular complexity index is 1190. The number of halogens is 3. The molecule has 3 aromatic rings. The first kappa shape index (κ1) is 27.2. The number of aryl methyl sites for hydroxylation is 1. The van der Waals surface area contributed by atoms with E-state index in [1.165, 1.54) is 12.3 Å². The molecule has 0 unspecified atom stereocenters. The lowest BCUT2D eigenvalue weighted by atomic mass is 10.2. The highest BCUT2D eigenvalue weighted by Gasteiger charge is 2.13. The molecular formula is C21H23BrCl2N8O2. The number of nitrogens with one attached hydrogen (secondary N) is 2. The van der Waals surface area contributed by atoms with Crippen molar-refractivity contribution in [1.82, 2.24) is 15.0 Å². The summed E-state index contributed by atoms with van der Waals surface area (Å²) in [5, 5.41) is 19.0. The van der Waals surface area contributed by atoms with Crippen LogP contribution in [0.3, 0.4) is 0 Å². The summed E-state index contributed by atoms with van der Waals surface area (Å²) >= 11 is 9.39. The van der Waals surface area contributed by atoms with Gasteiger partial charge in [-0.25, -0.2) is 5.43 Å². The first-order chi connectivity index (χ1) is 15.8. The van der Waals surface area contributed by atoms with Crippen molar-refractivity contribution in [2.45, 2.75) is 20.8 Å². The van der Waals surface area contributed by atoms with Gasteiger partial charge in [-0.1, -0.05) is 23.7 Å². The van der Waals surface area contributed by atoms with Crippen molar-refractivity contribution >= 4 is 75.4 Å². The Labute approximate surface area is 216 Å². The van der Waals surface area contributed by atoms with E-state index in [9.17, 15) is 10.1 Å². The fraction of sp³-hybridized carbons (Fsp3) is 0.238. The summed E-state index contributed by atoms with van der Waals surface area (Å²) in [5.41, 5.74) is 4.97. The maximum Gasteiger partial charge on any atom is 0.284 e. The number of rotatable bonds is 9. The molecule has 0 radical (unpaired) electrons. The zero-order valence-electron chi connectivity index (χ0n) is 18.6. The molecule has 0 saturated carbocycles. The summed E-state index contributed by atoms with van der Waals surface area (Å²) in [6.45, 7) is 7.36. The van der Waals surface area contributed by atoms with Gasteiger partial charge in [-0.15, -0.1) is 12.4 Å². The predicted octanol–water partition coefficient (Wildman–Crippen LogP) is 5.96. The fourth-order valence-corrected chi connectivity index (χ4v) is 3.40. The Kier molecular flexibility index (Phi) is 9.97. The van der Waals surface area contributed by atoms with Gasteiger partial charge >= 0.3 is 0 Å². The highest BCUT2D eigenvalue weighted by Crippen LogP contribution is 2.25. The van der Waals surface area contributed by atoms with Gasteiger partial charge in [-0.3, -0.25) is 10.1 Å². The molecule has 0 aliphatic carbocycles. The van der Waals surface area contributed by atoms with E-state index in [0.29, 0.717) is 40.0 Å². The topological polar surface area (TPSA) is 121 Å². The first-order valence-electron chi connectivity index (χ1n) is 10.1. The van der Waals surface area contributed by atoms with E-state index >= 15 is 0 Å². The average Bonchev–Trinajstić information content (AvgIpc) is 2.78. The van der Waals surface area contributed by atoms with Crippen molar-refractivity contribution in [3.05, 3.63) is 67.1 Å². The number of benzene rings is 2. The van der Waals surface area contributed by atoms with Crippen LogP contribution < -0.4 is 15.6 Å². The van der Waals surface area contributed by atoms with Gasteiger partial charge in [0.25, 0.3) is 5.69 Å². The lowest BCUT2D eigenvalue weighted by Crippen LogP contribution is -2.25. The van der Waals surface area contributed by atoms with Crippen LogP contribution in [0.2, 0.25) is 5.02 Å². The summed E-state index contributed by atoms with van der Waals surface area (Å²) in [4.78, 5) is 26.0. The minimum atomic E-state index is -0.466. The molecule has 0 aliphatic heterocycles. The van der Waals surface area contributed by atoms with E-state index in [-0.39, 0.29) is 24.0 Å². The molecule has 34 heavy (non-hydrogen) atoms. The van der Waals surface area contributed by atoms with Crippen molar-refractivity contribution in [1.29, 1.82) is 0 Å². The molecule has 0 bridgehead atoms. The van der Waals surface area contributed by atoms with Crippen LogP contribution in [0.4, 0.5) is 29.2 Å². The second-order valence-corrected chi connectivity index (χ2v) is 8.14. The second-order valence-electron chi connectivity index (χ2n) is 6.88. The number of hydrazone groups is 1. The molecule has 0 atom stereocenters. The van der Waals surface area contributed by atoms with Crippen LogP contribution in [0.1, 0.15) is 25.0 Å². The predicted molar refractivity (Wildman–Crippen MR) is 142 cm³/mol. The largest absolute Gasteiger partial charge is 0.341 e. The summed E-state index contributed by atoms with van der Waals surface area (Å²) in [5.74, 6) is 1.02. The average molecular weight is 570 g/mol. The minimum Gasteiger partial charge on any atom is -0.341 e. The number of hydrogen-bond donors (Lipinski definition) is 2. The maximum atomic E-state index is 11.1. The molecule has 0 saturated heterocycles. The molecule has 2 aromatic carbocycles. The summed E-state index contributed by atoms with van der Waals surface area (Å²) in [6.07, 6.45) is 1.45. The van der Waals surface area contributed by atoms with Crippen molar-refractivity contribution in [3.63, 3.8) is 0 Å². The quantitative estimate of drug-likeness (QED) is 0.184. The summed E-state index contributed by atoms with van der Waals surface area (Å²) in [6, 6.07) is 10.3. The van der Waals surface area contributed by atoms with Crippen molar-refractivity contribution in [2.75, 3.05) is 28.7 Å². The van der Waals surface area contributed by atoms with Crippen molar-refractivity contribution in [2.24, 2.45) is 5.10 Å². The van der Waals surface area contributed by atoms with E-state index in [0.717, 1.165) is 11.3 Å². The number of nitro benzene ring substituents is 1. The molecule has 2 N–H and O–H groups in total. The smallest absolute Gasteiger partial charge is 0.284 e. The van der Waals surface area contributed by atoms with Gasteiger partial charge in [0.2, 0.25) is 17.8 Å². The zero-order chi connectivity index (χ0) is 24.0. The molecule has 10 nitrogen and oxygen atoms in total. The molecule has 180 valence electrons. The third-order valence-corrected chi connectivity index (χ3v) is 5.72. The lowest BCUT2D eigenvalue weighted by Gasteiger charge is -2.19. The van der Waals surface area contributed by atoms with Gasteiger partial charge in [0.05, 0.1) is 15.6 Å². The van der Waals surface area contributed by atoms with Gasteiger partial charge < -0.3 is 10.2 Å². The molecule has 0 spiro atoms. The van der Waals surface area contributed by atoms with Crippen molar-refractivity contribution in [3.8, 4) is 0 Å². The van der Waals surface area contributed by atoms with Gasteiger partial charge in [0.15, 0.2) is 0 Å². The number of aromatic nitrogens is 3. The molecular weight excluding hydrogens is 547 g/mol. The highest BCUT2D eigenvalue weighted by molar-refractivity contribution is 9.10. The minimum absolute atomic E-state index is 0. The van der Waals surface area contributed by atoms with Crippen LogP contribution in [0.5, 0.6) is 0 Å². The van der Waals surface area contributed by atoms with E-state index in [2.05, 4.69) is 46.7 Å². The van der Waals surface area contributed by atoms with Crippen LogP contribution in [0, 0.1) is 17.0 Å². The normalized spacial score (nSPS) is 10.6. The molecule has 0 fully saturated rings. The lowest BCUT2D eigenvalue weighted by molar-refractivity contribution is -0.385. The Morgan fingerprint density at radius 2 is 1.85 bits per heavy atom. The Morgan fingerprint density at radius 3 is 2.50 bits per heavy atom. The van der Waals surface area contributed by atoms with Gasteiger partial charge in [-0.05, 0) is 60.5 Å². The Hall–Kier alpha value is -3.02. The molecule has 13 heteroatoms. The summed E-state index contributed by atoms with van der Waals surface area (Å²) < 4.78 is 0.394. The van der Waals surface area contributed by atoms with Gasteiger partial charge in [0, 0.05) is 35.4 Å². The maximum absolute atomic E-state index is 11.1. The van der Waals surface area contributed by atoms with Crippen molar-refractivity contribution < 1.29 is 4.92 Å². The Balaban J connectivity index is 0.00000408. The molecule has 0 amide bonds. The van der Waals surface area contributed by atoms with Crippen LogP contribution in [0.25, 0.3) is 0 Å². The van der Waals surface area contributed by atoms with E-state index in [1.54, 1.807) is 18.2 Å². The zero-order valence-corrected chi connectivity index (χ0v) is 21.8. The van der Waals surface area contributed by atoms with Crippen LogP contribution in [0.15, 0.2) is 46.0 Å².